The summed E-state index contributed by atoms with van der Waals surface area (Å²) in [5.41, 5.74) is 1.72. The Morgan fingerprint density at radius 1 is 0.782 bits per heavy atom. The fraction of sp³-hybridized carbons (Fsp3) is 0.500. The van der Waals surface area contributed by atoms with Crippen LogP contribution in [0.5, 0.6) is 17.2 Å². The molecule has 0 aliphatic carbocycles. The lowest BCUT2D eigenvalue weighted by Gasteiger charge is -2.45. The molecule has 0 saturated carbocycles. The molecule has 0 unspecified atom stereocenters. The summed E-state index contributed by atoms with van der Waals surface area (Å²) in [5.74, 6) is 0.821. The van der Waals surface area contributed by atoms with Crippen molar-refractivity contribution in [3.05, 3.63) is 87.4 Å². The molecule has 3 aromatic carbocycles. The van der Waals surface area contributed by atoms with Crippen LogP contribution in [0.2, 0.25) is 10.0 Å². The highest BCUT2D eigenvalue weighted by molar-refractivity contribution is 6.42. The standard InChI is InChI=1S/C42H52Cl2N4O7/c1-5-55-39(50)29-13-19-47(20-14-29)40(51)45-42(31-9-7-6-8-10-31)17-22-46(23-18-42)21-15-41(32-11-12-33(43)34(44)27-32)16-24-48(28-41)38(49)30-25-35(52-2)37(54-4)36(26-30)53-3/h6-12,25-27,29H,5,13-24,28H2,1-4H3,(H,45,51)/t41-/m0/s1. The van der Waals surface area contributed by atoms with Gasteiger partial charge in [-0.1, -0.05) is 59.6 Å². The molecule has 3 aliphatic heterocycles. The zero-order valence-corrected chi connectivity index (χ0v) is 33.7. The van der Waals surface area contributed by atoms with Crippen LogP contribution in [0.4, 0.5) is 4.79 Å². The van der Waals surface area contributed by atoms with E-state index in [1.165, 1.54) is 21.3 Å². The monoisotopic (exact) mass is 794 g/mol. The maximum atomic E-state index is 14.1. The van der Waals surface area contributed by atoms with E-state index >= 15 is 0 Å². The van der Waals surface area contributed by atoms with Gasteiger partial charge in [0.25, 0.3) is 5.91 Å². The first-order chi connectivity index (χ1) is 26.5. The number of piperidine rings is 2. The van der Waals surface area contributed by atoms with Gasteiger partial charge in [-0.15, -0.1) is 0 Å². The number of rotatable bonds is 12. The van der Waals surface area contributed by atoms with E-state index < -0.39 is 5.54 Å². The number of halogens is 2. The SMILES string of the molecule is CCOC(=O)C1CCN(C(=O)NC2(c3ccccc3)CCN(CC[C@]3(c4ccc(Cl)c(Cl)c4)CCN(C(=O)c4cc(OC)c(OC)c(OC)c4)C3)CC2)CC1. The Balaban J connectivity index is 1.16. The summed E-state index contributed by atoms with van der Waals surface area (Å²) in [5, 5.41) is 4.43. The van der Waals surface area contributed by atoms with E-state index in [1.54, 1.807) is 12.1 Å². The van der Waals surface area contributed by atoms with Crippen LogP contribution < -0.4 is 19.5 Å². The van der Waals surface area contributed by atoms with E-state index in [2.05, 4.69) is 22.3 Å². The summed E-state index contributed by atoms with van der Waals surface area (Å²) in [6, 6.07) is 19.3. The van der Waals surface area contributed by atoms with Crippen LogP contribution in [0.3, 0.4) is 0 Å². The van der Waals surface area contributed by atoms with Crippen molar-refractivity contribution in [2.75, 3.05) is 73.7 Å². The molecule has 296 valence electrons. The quantitative estimate of drug-likeness (QED) is 0.192. The molecule has 3 amide bonds. The molecule has 6 rings (SSSR count). The van der Waals surface area contributed by atoms with Gasteiger partial charge < -0.3 is 39.0 Å². The summed E-state index contributed by atoms with van der Waals surface area (Å²) in [6.07, 6.45) is 4.24. The highest BCUT2D eigenvalue weighted by Gasteiger charge is 2.44. The minimum absolute atomic E-state index is 0.0963. The molecule has 3 fully saturated rings. The largest absolute Gasteiger partial charge is 0.493 e. The lowest BCUT2D eigenvalue weighted by atomic mass is 9.76. The number of esters is 1. The summed E-state index contributed by atoms with van der Waals surface area (Å²) in [7, 11) is 4.61. The zero-order valence-electron chi connectivity index (χ0n) is 32.2. The molecule has 0 bridgehead atoms. The fourth-order valence-electron chi connectivity index (χ4n) is 8.48. The number of hydrogen-bond acceptors (Lipinski definition) is 8. The van der Waals surface area contributed by atoms with Gasteiger partial charge in [0, 0.05) is 50.2 Å². The van der Waals surface area contributed by atoms with Gasteiger partial charge in [0.05, 0.1) is 49.4 Å². The van der Waals surface area contributed by atoms with Gasteiger partial charge in [-0.2, -0.15) is 0 Å². The van der Waals surface area contributed by atoms with E-state index in [0.717, 1.165) is 56.4 Å². The number of nitrogens with zero attached hydrogens (tertiary/aromatic N) is 3. The van der Waals surface area contributed by atoms with Crippen molar-refractivity contribution < 1.29 is 33.3 Å². The number of carbonyl (C=O) groups is 3. The Morgan fingerprint density at radius 2 is 1.45 bits per heavy atom. The number of likely N-dealkylation sites (tertiary alicyclic amines) is 3. The highest BCUT2D eigenvalue weighted by atomic mass is 35.5. The molecule has 3 aromatic rings. The van der Waals surface area contributed by atoms with Crippen molar-refractivity contribution >= 4 is 41.1 Å². The normalized spacial score (nSPS) is 20.2. The van der Waals surface area contributed by atoms with Crippen LogP contribution in [0.15, 0.2) is 60.7 Å². The van der Waals surface area contributed by atoms with E-state index in [0.29, 0.717) is 78.5 Å². The number of methoxy groups -OCH3 is 3. The first-order valence-electron chi connectivity index (χ1n) is 19.1. The third-order valence-corrected chi connectivity index (χ3v) is 12.5. The number of benzene rings is 3. The van der Waals surface area contributed by atoms with Gasteiger partial charge in [0.2, 0.25) is 5.75 Å². The first-order valence-corrected chi connectivity index (χ1v) is 19.9. The molecule has 13 heteroatoms. The van der Waals surface area contributed by atoms with Gasteiger partial charge in [-0.05, 0) is 87.4 Å². The van der Waals surface area contributed by atoms with E-state index in [1.807, 2.05) is 53.1 Å². The van der Waals surface area contributed by atoms with Crippen molar-refractivity contribution in [3.63, 3.8) is 0 Å². The summed E-state index contributed by atoms with van der Waals surface area (Å²) in [6.45, 7) is 6.64. The predicted octanol–water partition coefficient (Wildman–Crippen LogP) is 7.17. The third-order valence-electron chi connectivity index (χ3n) is 11.8. The lowest BCUT2D eigenvalue weighted by Crippen LogP contribution is -2.57. The van der Waals surface area contributed by atoms with Gasteiger partial charge in [0.15, 0.2) is 11.5 Å². The van der Waals surface area contributed by atoms with Crippen LogP contribution >= 0.6 is 23.2 Å². The van der Waals surface area contributed by atoms with Crippen molar-refractivity contribution in [2.24, 2.45) is 5.92 Å². The van der Waals surface area contributed by atoms with Crippen LogP contribution in [-0.4, -0.2) is 106 Å². The maximum absolute atomic E-state index is 14.1. The average molecular weight is 796 g/mol. The molecule has 0 spiro atoms. The highest BCUT2D eigenvalue weighted by Crippen LogP contribution is 2.43. The smallest absolute Gasteiger partial charge is 0.318 e. The topological polar surface area (TPSA) is 110 Å². The Kier molecular flexibility index (Phi) is 13.0. The number of ether oxygens (including phenoxy) is 4. The van der Waals surface area contributed by atoms with E-state index in [-0.39, 0.29) is 29.2 Å². The molecule has 0 aromatic heterocycles. The summed E-state index contributed by atoms with van der Waals surface area (Å²) in [4.78, 5) is 46.3. The van der Waals surface area contributed by atoms with Crippen LogP contribution in [0.1, 0.15) is 66.9 Å². The van der Waals surface area contributed by atoms with Crippen LogP contribution in [0.25, 0.3) is 0 Å². The maximum Gasteiger partial charge on any atom is 0.318 e. The lowest BCUT2D eigenvalue weighted by molar-refractivity contribution is -0.149. The van der Waals surface area contributed by atoms with Gasteiger partial charge in [-0.25, -0.2) is 4.79 Å². The van der Waals surface area contributed by atoms with Crippen molar-refractivity contribution in [1.29, 1.82) is 0 Å². The second-order valence-electron chi connectivity index (χ2n) is 14.8. The van der Waals surface area contributed by atoms with Gasteiger partial charge >= 0.3 is 12.0 Å². The second-order valence-corrected chi connectivity index (χ2v) is 15.6. The van der Waals surface area contributed by atoms with Gasteiger partial charge in [0.1, 0.15) is 0 Å². The van der Waals surface area contributed by atoms with Gasteiger partial charge in [-0.3, -0.25) is 9.59 Å². The Morgan fingerprint density at radius 3 is 2.05 bits per heavy atom. The number of nitrogens with one attached hydrogen (secondary N) is 1. The van der Waals surface area contributed by atoms with Crippen LogP contribution in [0, 0.1) is 5.92 Å². The molecule has 3 saturated heterocycles. The molecule has 0 radical (unpaired) electrons. The minimum Gasteiger partial charge on any atom is -0.493 e. The number of urea groups is 1. The molecule has 1 atom stereocenters. The van der Waals surface area contributed by atoms with Crippen molar-refractivity contribution in [1.82, 2.24) is 20.0 Å². The number of amides is 3. The molecule has 3 aliphatic rings. The summed E-state index contributed by atoms with van der Waals surface area (Å²) < 4.78 is 21.8. The third kappa shape index (κ3) is 8.79. The molecular formula is C42H52Cl2N4O7. The van der Waals surface area contributed by atoms with E-state index in [4.69, 9.17) is 42.1 Å². The minimum atomic E-state index is -0.523. The van der Waals surface area contributed by atoms with Crippen LogP contribution in [-0.2, 0) is 20.5 Å². The second kappa shape index (κ2) is 17.7. The number of carbonyl (C=O) groups excluding carboxylic acids is 3. The summed E-state index contributed by atoms with van der Waals surface area (Å²) >= 11 is 13.0. The molecule has 11 nitrogen and oxygen atoms in total. The molecule has 1 N–H and O–H groups in total. The number of hydrogen-bond donors (Lipinski definition) is 1. The molecular weight excluding hydrogens is 743 g/mol. The molecule has 3 heterocycles. The van der Waals surface area contributed by atoms with E-state index in [9.17, 15) is 14.4 Å². The molecule has 55 heavy (non-hydrogen) atoms. The fourth-order valence-corrected chi connectivity index (χ4v) is 8.78. The zero-order chi connectivity index (χ0) is 39.2. The van der Waals surface area contributed by atoms with Crippen molar-refractivity contribution in [3.8, 4) is 17.2 Å². The predicted molar refractivity (Wildman–Crippen MR) is 213 cm³/mol. The Labute approximate surface area is 334 Å². The Bertz CT molecular complexity index is 1800. The average Bonchev–Trinajstić information content (AvgIpc) is 3.66. The Hall–Kier alpha value is -4.19. The first kappa shape index (κ1) is 40.5. The van der Waals surface area contributed by atoms with Crippen molar-refractivity contribution in [2.45, 2.75) is 56.4 Å².